The highest BCUT2D eigenvalue weighted by Crippen LogP contribution is 2.29. The van der Waals surface area contributed by atoms with Gasteiger partial charge in [0.15, 0.2) is 6.61 Å². The minimum Gasteiger partial charge on any atom is -0.483 e. The highest BCUT2D eigenvalue weighted by atomic mass is 32.2. The Morgan fingerprint density at radius 2 is 1.52 bits per heavy atom. The molecule has 0 bridgehead atoms. The SMILES string of the molecule is CC(=O)Nc1ccc(S(=O)(=O)NNC(=O)COc2ccccc2-c2ccccc2)cc1. The molecule has 0 saturated heterocycles. The van der Waals surface area contributed by atoms with Gasteiger partial charge in [-0.25, -0.2) is 8.42 Å². The molecule has 0 aromatic heterocycles. The Morgan fingerprint density at radius 1 is 0.871 bits per heavy atom. The van der Waals surface area contributed by atoms with E-state index in [1.165, 1.54) is 31.2 Å². The molecule has 0 radical (unpaired) electrons. The van der Waals surface area contributed by atoms with Crippen LogP contribution in [0.25, 0.3) is 11.1 Å². The highest BCUT2D eigenvalue weighted by Gasteiger charge is 2.16. The molecule has 0 atom stereocenters. The summed E-state index contributed by atoms with van der Waals surface area (Å²) in [6.45, 7) is 0.968. The topological polar surface area (TPSA) is 114 Å². The lowest BCUT2D eigenvalue weighted by atomic mass is 10.1. The van der Waals surface area contributed by atoms with E-state index in [0.29, 0.717) is 11.4 Å². The maximum absolute atomic E-state index is 12.3. The van der Waals surface area contributed by atoms with Crippen LogP contribution in [0.1, 0.15) is 6.92 Å². The number of nitrogens with one attached hydrogen (secondary N) is 3. The molecule has 0 saturated carbocycles. The molecule has 3 aromatic carbocycles. The first-order chi connectivity index (χ1) is 14.8. The van der Waals surface area contributed by atoms with Crippen LogP contribution in [0.15, 0.2) is 83.8 Å². The molecule has 0 unspecified atom stereocenters. The Kier molecular flexibility index (Phi) is 7.01. The van der Waals surface area contributed by atoms with Crippen LogP contribution < -0.4 is 20.3 Å². The minimum absolute atomic E-state index is 0.0720. The van der Waals surface area contributed by atoms with E-state index in [1.807, 2.05) is 47.3 Å². The molecule has 2 amide bonds. The maximum Gasteiger partial charge on any atom is 0.272 e. The van der Waals surface area contributed by atoms with Crippen molar-refractivity contribution in [2.75, 3.05) is 11.9 Å². The third-order valence-electron chi connectivity index (χ3n) is 4.14. The molecule has 31 heavy (non-hydrogen) atoms. The highest BCUT2D eigenvalue weighted by molar-refractivity contribution is 7.89. The second-order valence-corrected chi connectivity index (χ2v) is 8.19. The van der Waals surface area contributed by atoms with Crippen LogP contribution in [0.3, 0.4) is 0 Å². The normalized spacial score (nSPS) is 10.9. The van der Waals surface area contributed by atoms with Gasteiger partial charge in [0.1, 0.15) is 5.75 Å². The van der Waals surface area contributed by atoms with E-state index < -0.39 is 15.9 Å². The molecular weight excluding hydrogens is 418 g/mol. The summed E-state index contributed by atoms with van der Waals surface area (Å²) in [6, 6.07) is 22.3. The average molecular weight is 439 g/mol. The number of amides is 2. The standard InChI is InChI=1S/C22H21N3O5S/c1-16(26)23-18-11-13-19(14-12-18)31(28,29)25-24-22(27)15-30-21-10-6-5-9-20(21)17-7-3-2-4-8-17/h2-14,25H,15H2,1H3,(H,23,26)(H,24,27). The van der Waals surface area contributed by atoms with E-state index >= 15 is 0 Å². The van der Waals surface area contributed by atoms with Crippen molar-refractivity contribution in [1.29, 1.82) is 0 Å². The fourth-order valence-electron chi connectivity index (χ4n) is 2.73. The van der Waals surface area contributed by atoms with Gasteiger partial charge in [-0.1, -0.05) is 48.5 Å². The van der Waals surface area contributed by atoms with Crippen LogP contribution in [-0.4, -0.2) is 26.8 Å². The maximum atomic E-state index is 12.3. The lowest BCUT2D eigenvalue weighted by molar-refractivity contribution is -0.123. The summed E-state index contributed by atoms with van der Waals surface area (Å²) in [6.07, 6.45) is 0. The summed E-state index contributed by atoms with van der Waals surface area (Å²) >= 11 is 0. The molecule has 0 aliphatic carbocycles. The predicted molar refractivity (Wildman–Crippen MR) is 117 cm³/mol. The number of carbonyl (C=O) groups is 2. The Hall–Kier alpha value is -3.69. The summed E-state index contributed by atoms with van der Waals surface area (Å²) in [4.78, 5) is 25.1. The molecule has 3 rings (SSSR count). The van der Waals surface area contributed by atoms with E-state index in [-0.39, 0.29) is 17.4 Å². The van der Waals surface area contributed by atoms with Gasteiger partial charge in [-0.15, -0.1) is 4.83 Å². The third kappa shape index (κ3) is 6.14. The lowest BCUT2D eigenvalue weighted by Crippen LogP contribution is -2.43. The van der Waals surface area contributed by atoms with Gasteiger partial charge in [-0.2, -0.15) is 0 Å². The number of para-hydroxylation sites is 1. The van der Waals surface area contributed by atoms with Gasteiger partial charge in [-0.3, -0.25) is 15.0 Å². The summed E-state index contributed by atoms with van der Waals surface area (Å²) in [5, 5.41) is 2.54. The molecule has 0 spiro atoms. The molecular formula is C22H21N3O5S. The monoisotopic (exact) mass is 439 g/mol. The molecule has 160 valence electrons. The number of benzene rings is 3. The van der Waals surface area contributed by atoms with Gasteiger partial charge in [0, 0.05) is 18.2 Å². The Labute approximate surface area is 180 Å². The molecule has 8 nitrogen and oxygen atoms in total. The van der Waals surface area contributed by atoms with Crippen molar-refractivity contribution in [3.63, 3.8) is 0 Å². The second kappa shape index (κ2) is 9.88. The van der Waals surface area contributed by atoms with Crippen molar-refractivity contribution in [2.24, 2.45) is 0 Å². The summed E-state index contributed by atoms with van der Waals surface area (Å²) < 4.78 is 30.2. The van der Waals surface area contributed by atoms with Crippen LogP contribution in [-0.2, 0) is 19.6 Å². The van der Waals surface area contributed by atoms with E-state index in [4.69, 9.17) is 4.74 Å². The quantitative estimate of drug-likeness (QED) is 0.467. The number of ether oxygens (including phenoxy) is 1. The zero-order chi connectivity index (χ0) is 22.3. The average Bonchev–Trinajstić information content (AvgIpc) is 2.77. The lowest BCUT2D eigenvalue weighted by Gasteiger charge is -2.12. The zero-order valence-electron chi connectivity index (χ0n) is 16.7. The number of rotatable bonds is 8. The number of anilines is 1. The van der Waals surface area contributed by atoms with Gasteiger partial charge in [0.05, 0.1) is 4.90 Å². The molecule has 9 heteroatoms. The van der Waals surface area contributed by atoms with Crippen molar-refractivity contribution in [2.45, 2.75) is 11.8 Å². The van der Waals surface area contributed by atoms with E-state index in [2.05, 4.69) is 10.7 Å². The fourth-order valence-corrected chi connectivity index (χ4v) is 3.59. The number of sulfonamides is 1. The first kappa shape index (κ1) is 22.0. The minimum atomic E-state index is -3.98. The molecule has 3 aromatic rings. The zero-order valence-corrected chi connectivity index (χ0v) is 17.5. The Morgan fingerprint density at radius 3 is 2.19 bits per heavy atom. The van der Waals surface area contributed by atoms with Crippen LogP contribution in [0.2, 0.25) is 0 Å². The van der Waals surface area contributed by atoms with Crippen LogP contribution in [0, 0.1) is 0 Å². The first-order valence-electron chi connectivity index (χ1n) is 9.31. The van der Waals surface area contributed by atoms with Gasteiger partial charge in [-0.05, 0) is 35.9 Å². The largest absolute Gasteiger partial charge is 0.483 e. The number of hydrogen-bond donors (Lipinski definition) is 3. The van der Waals surface area contributed by atoms with Crippen molar-refractivity contribution >= 4 is 27.5 Å². The van der Waals surface area contributed by atoms with Gasteiger partial charge < -0.3 is 10.1 Å². The molecule has 0 heterocycles. The number of hydrogen-bond acceptors (Lipinski definition) is 5. The number of carbonyl (C=O) groups excluding carboxylic acids is 2. The Balaban J connectivity index is 1.58. The molecule has 0 fully saturated rings. The van der Waals surface area contributed by atoms with Crippen LogP contribution >= 0.6 is 0 Å². The van der Waals surface area contributed by atoms with Gasteiger partial charge in [0.2, 0.25) is 5.91 Å². The number of hydrazine groups is 1. The molecule has 0 aliphatic heterocycles. The van der Waals surface area contributed by atoms with Crippen LogP contribution in [0.4, 0.5) is 5.69 Å². The third-order valence-corrected chi connectivity index (χ3v) is 5.40. The smallest absolute Gasteiger partial charge is 0.272 e. The van der Waals surface area contributed by atoms with Crippen molar-refractivity contribution in [3.05, 3.63) is 78.9 Å². The summed E-state index contributed by atoms with van der Waals surface area (Å²) in [7, 11) is -3.98. The van der Waals surface area contributed by atoms with E-state index in [9.17, 15) is 18.0 Å². The van der Waals surface area contributed by atoms with Gasteiger partial charge >= 0.3 is 0 Å². The second-order valence-electron chi connectivity index (χ2n) is 6.51. The van der Waals surface area contributed by atoms with Crippen molar-refractivity contribution < 1.29 is 22.7 Å². The van der Waals surface area contributed by atoms with E-state index in [1.54, 1.807) is 12.1 Å². The molecule has 3 N–H and O–H groups in total. The van der Waals surface area contributed by atoms with Crippen LogP contribution in [0.5, 0.6) is 5.75 Å². The summed E-state index contributed by atoms with van der Waals surface area (Å²) in [5.74, 6) is -0.434. The fraction of sp³-hybridized carbons (Fsp3) is 0.0909. The predicted octanol–water partition coefficient (Wildman–Crippen LogP) is 2.70. The first-order valence-corrected chi connectivity index (χ1v) is 10.8. The van der Waals surface area contributed by atoms with E-state index in [0.717, 1.165) is 11.1 Å². The van der Waals surface area contributed by atoms with Crippen molar-refractivity contribution in [3.8, 4) is 16.9 Å². The Bertz CT molecular complexity index is 1160. The van der Waals surface area contributed by atoms with Gasteiger partial charge in [0.25, 0.3) is 15.9 Å². The van der Waals surface area contributed by atoms with Crippen molar-refractivity contribution in [1.82, 2.24) is 10.3 Å². The summed E-state index contributed by atoms with van der Waals surface area (Å²) in [5.41, 5.74) is 4.33. The molecule has 0 aliphatic rings.